The first-order chi connectivity index (χ1) is 13.3. The average Bonchev–Trinajstić information content (AvgIpc) is 3.23. The summed E-state index contributed by atoms with van der Waals surface area (Å²) in [6.45, 7) is 2.48. The largest absolute Gasteiger partial charge is 0.342 e. The highest BCUT2D eigenvalue weighted by Gasteiger charge is 2.36. The topological polar surface area (TPSA) is 81.9 Å². The van der Waals surface area contributed by atoms with Crippen LogP contribution < -0.4 is 15.6 Å². The third kappa shape index (κ3) is 2.96. The number of benzene rings is 1. The van der Waals surface area contributed by atoms with E-state index in [0.717, 1.165) is 53.9 Å². The number of hydrogen-bond acceptors (Lipinski definition) is 5. The first kappa shape index (κ1) is 16.3. The Morgan fingerprint density at radius 3 is 3.07 bits per heavy atom. The van der Waals surface area contributed by atoms with Gasteiger partial charge in [-0.3, -0.25) is 0 Å². The van der Waals surface area contributed by atoms with Gasteiger partial charge >= 0.3 is 0 Å². The molecule has 7 nitrogen and oxygen atoms in total. The van der Waals surface area contributed by atoms with Crippen LogP contribution in [-0.4, -0.2) is 41.7 Å². The Morgan fingerprint density at radius 2 is 2.15 bits per heavy atom. The maximum atomic E-state index is 13.8. The second-order valence-electron chi connectivity index (χ2n) is 6.84. The molecule has 4 heterocycles. The van der Waals surface area contributed by atoms with Gasteiger partial charge in [0.25, 0.3) is 5.84 Å². The van der Waals surface area contributed by atoms with Crippen LogP contribution in [0.1, 0.15) is 18.7 Å². The van der Waals surface area contributed by atoms with E-state index in [1.807, 2.05) is 18.4 Å². The van der Waals surface area contributed by atoms with Gasteiger partial charge < -0.3 is 15.6 Å². The Labute approximate surface area is 155 Å². The average molecular weight is 366 g/mol. The molecule has 3 aliphatic heterocycles. The lowest BCUT2D eigenvalue weighted by Gasteiger charge is -2.24. The highest BCUT2D eigenvalue weighted by atomic mass is 19.1. The fraction of sp³-hybridized carbons (Fsp3) is 0.316. The lowest BCUT2D eigenvalue weighted by molar-refractivity contribution is -0.770. The number of rotatable bonds is 3. The number of nitrogens with zero attached hydrogens (tertiary/aromatic N) is 3. The summed E-state index contributed by atoms with van der Waals surface area (Å²) in [5, 5.41) is 12.4. The number of amidine groups is 1. The molecule has 0 saturated heterocycles. The fourth-order valence-corrected chi connectivity index (χ4v) is 3.79. The number of hydrogen-bond donors (Lipinski definition) is 4. The lowest BCUT2D eigenvalue weighted by Crippen LogP contribution is -3.10. The number of imidazole rings is 1. The lowest BCUT2D eigenvalue weighted by atomic mass is 10.1. The molecule has 0 amide bonds. The number of fused-ring (bicyclic) bond motifs is 2. The maximum Gasteiger partial charge on any atom is 0.259 e. The molecule has 0 aliphatic carbocycles. The molecule has 0 fully saturated rings. The van der Waals surface area contributed by atoms with E-state index in [9.17, 15) is 4.39 Å². The van der Waals surface area contributed by atoms with E-state index in [1.54, 1.807) is 6.07 Å². The third-order valence-electron chi connectivity index (χ3n) is 5.09. The number of halogens is 1. The van der Waals surface area contributed by atoms with Gasteiger partial charge in [0.2, 0.25) is 5.82 Å². The maximum absolute atomic E-state index is 13.8. The zero-order valence-corrected chi connectivity index (χ0v) is 14.8. The Hall–Kier alpha value is -2.84. The van der Waals surface area contributed by atoms with E-state index in [4.69, 9.17) is 4.99 Å². The van der Waals surface area contributed by atoms with Crippen molar-refractivity contribution in [2.45, 2.75) is 19.3 Å². The first-order valence-corrected chi connectivity index (χ1v) is 9.29. The molecule has 4 N–H and O–H groups in total. The van der Waals surface area contributed by atoms with Crippen molar-refractivity contribution in [2.75, 3.05) is 19.6 Å². The molecular formula is C19H21FN7+. The standard InChI is InChI=1S/C19H20FN7/c20-13-2-1-3-15-18(13)26-16(24-15)6-10-22-19-12-4-8-21-9-5-14(12)25-17-7-11-23-27(17)19/h1-3,7,11,21,25H,4-6,8-10H2,(H,24,26)/p+1. The molecule has 1 atom stereocenters. The molecule has 1 unspecified atom stereocenters. The molecule has 138 valence electrons. The Kier molecular flexibility index (Phi) is 4.06. The van der Waals surface area contributed by atoms with Crippen LogP contribution in [0, 0.1) is 5.82 Å². The van der Waals surface area contributed by atoms with Gasteiger partial charge in [0.05, 0.1) is 23.8 Å². The summed E-state index contributed by atoms with van der Waals surface area (Å²) in [5.41, 5.74) is 3.60. The van der Waals surface area contributed by atoms with Gasteiger partial charge in [-0.15, -0.1) is 5.01 Å². The van der Waals surface area contributed by atoms with E-state index >= 15 is 0 Å². The van der Waals surface area contributed by atoms with Crippen molar-refractivity contribution < 1.29 is 9.40 Å². The summed E-state index contributed by atoms with van der Waals surface area (Å²) in [6.07, 6.45) is 6.34. The number of nitrogens with one attached hydrogen (secondary N) is 4. The van der Waals surface area contributed by atoms with Crippen molar-refractivity contribution in [1.82, 2.24) is 20.6 Å². The van der Waals surface area contributed by atoms with Crippen molar-refractivity contribution >= 4 is 23.1 Å². The number of allylic oxidation sites excluding steroid dienone is 1. The van der Waals surface area contributed by atoms with Gasteiger partial charge in [0.1, 0.15) is 11.3 Å². The van der Waals surface area contributed by atoms with Gasteiger partial charge in [-0.2, -0.15) is 0 Å². The van der Waals surface area contributed by atoms with Crippen LogP contribution in [0.3, 0.4) is 0 Å². The summed E-state index contributed by atoms with van der Waals surface area (Å²) in [4.78, 5) is 12.4. The molecule has 1 aromatic heterocycles. The van der Waals surface area contributed by atoms with Crippen LogP contribution >= 0.6 is 0 Å². The summed E-state index contributed by atoms with van der Waals surface area (Å²) in [5.74, 6) is 2.46. The Bertz CT molecular complexity index is 1010. The summed E-state index contributed by atoms with van der Waals surface area (Å²) in [7, 11) is 0. The van der Waals surface area contributed by atoms with E-state index in [1.165, 1.54) is 17.3 Å². The van der Waals surface area contributed by atoms with Gasteiger partial charge in [0.15, 0.2) is 5.82 Å². The number of aromatic amines is 1. The van der Waals surface area contributed by atoms with Gasteiger partial charge in [-0.1, -0.05) is 11.2 Å². The van der Waals surface area contributed by atoms with Crippen molar-refractivity contribution in [3.63, 3.8) is 0 Å². The second-order valence-corrected chi connectivity index (χ2v) is 6.84. The van der Waals surface area contributed by atoms with Crippen LogP contribution in [-0.2, 0) is 6.42 Å². The molecule has 8 heteroatoms. The molecule has 0 radical (unpaired) electrons. The zero-order valence-electron chi connectivity index (χ0n) is 14.8. The Balaban J connectivity index is 1.41. The second kappa shape index (κ2) is 6.71. The SMILES string of the molecule is Fc1cccc2[nH]c(CCN=C3C4=C(CCNCC4)NC4=CC=N[NH+]43)nc12. The third-order valence-corrected chi connectivity index (χ3v) is 5.09. The number of quaternary nitrogens is 1. The van der Waals surface area contributed by atoms with E-state index in [0.29, 0.717) is 18.5 Å². The molecule has 0 saturated carbocycles. The van der Waals surface area contributed by atoms with Crippen LogP contribution in [0.5, 0.6) is 0 Å². The van der Waals surface area contributed by atoms with Gasteiger partial charge in [-0.05, 0) is 25.1 Å². The van der Waals surface area contributed by atoms with Crippen molar-refractivity contribution in [3.05, 3.63) is 53.0 Å². The van der Waals surface area contributed by atoms with Crippen molar-refractivity contribution in [3.8, 4) is 0 Å². The van der Waals surface area contributed by atoms with Crippen molar-refractivity contribution in [1.29, 1.82) is 0 Å². The summed E-state index contributed by atoms with van der Waals surface area (Å²) in [6, 6.07) is 4.95. The monoisotopic (exact) mass is 366 g/mol. The number of aliphatic imine (C=N–C) groups is 1. The minimum atomic E-state index is -0.300. The highest BCUT2D eigenvalue weighted by molar-refractivity contribution is 5.95. The Morgan fingerprint density at radius 1 is 1.22 bits per heavy atom. The summed E-state index contributed by atoms with van der Waals surface area (Å²) >= 11 is 0. The molecule has 1 aromatic carbocycles. The van der Waals surface area contributed by atoms with Gasteiger partial charge in [0, 0.05) is 31.2 Å². The van der Waals surface area contributed by atoms with Crippen LogP contribution in [0.25, 0.3) is 11.0 Å². The molecule has 0 spiro atoms. The summed E-state index contributed by atoms with van der Waals surface area (Å²) < 4.78 is 13.8. The smallest absolute Gasteiger partial charge is 0.259 e. The predicted molar refractivity (Wildman–Crippen MR) is 102 cm³/mol. The van der Waals surface area contributed by atoms with Crippen LogP contribution in [0.15, 0.2) is 51.5 Å². The van der Waals surface area contributed by atoms with E-state index in [2.05, 4.69) is 25.7 Å². The predicted octanol–water partition coefficient (Wildman–Crippen LogP) is 0.609. The molecule has 5 rings (SSSR count). The van der Waals surface area contributed by atoms with Crippen LogP contribution in [0.2, 0.25) is 0 Å². The van der Waals surface area contributed by atoms with Crippen LogP contribution in [0.4, 0.5) is 4.39 Å². The number of aromatic nitrogens is 2. The zero-order chi connectivity index (χ0) is 18.2. The van der Waals surface area contributed by atoms with Gasteiger partial charge in [-0.25, -0.2) is 14.4 Å². The fourth-order valence-electron chi connectivity index (χ4n) is 3.79. The first-order valence-electron chi connectivity index (χ1n) is 9.29. The van der Waals surface area contributed by atoms with E-state index < -0.39 is 0 Å². The molecule has 3 aliphatic rings. The molecule has 0 bridgehead atoms. The quantitative estimate of drug-likeness (QED) is 0.643. The van der Waals surface area contributed by atoms with Crippen molar-refractivity contribution in [2.24, 2.45) is 10.1 Å². The molecule has 2 aromatic rings. The highest BCUT2D eigenvalue weighted by Crippen LogP contribution is 2.18. The van der Waals surface area contributed by atoms with E-state index in [-0.39, 0.29) is 5.82 Å². The minimum absolute atomic E-state index is 0.300. The number of H-pyrrole nitrogens is 1. The molecular weight excluding hydrogens is 345 g/mol. The minimum Gasteiger partial charge on any atom is -0.342 e. The molecule has 27 heavy (non-hydrogen) atoms. The normalized spacial score (nSPS) is 23.2. The number of para-hydroxylation sites is 1.